The Morgan fingerprint density at radius 1 is 1.28 bits per heavy atom. The van der Waals surface area contributed by atoms with Gasteiger partial charge in [-0.1, -0.05) is 18.2 Å². The quantitative estimate of drug-likeness (QED) is 0.733. The van der Waals surface area contributed by atoms with Crippen molar-refractivity contribution >= 4 is 34.6 Å². The number of carbonyl (C=O) groups excluding carboxylic acids is 1. The summed E-state index contributed by atoms with van der Waals surface area (Å²) in [5.41, 5.74) is 1.71. The number of aliphatic imine (C=N–C) groups is 1. The van der Waals surface area contributed by atoms with Crippen LogP contribution in [-0.2, 0) is 11.4 Å². The van der Waals surface area contributed by atoms with Gasteiger partial charge in [0.05, 0.1) is 24.3 Å². The molecule has 0 saturated carbocycles. The number of hydrogen-bond donors (Lipinski definition) is 3. The van der Waals surface area contributed by atoms with Crippen LogP contribution in [0.5, 0.6) is 11.5 Å². The molecule has 25 heavy (non-hydrogen) atoms. The molecule has 1 fully saturated rings. The van der Waals surface area contributed by atoms with Crippen LogP contribution in [0.4, 0.5) is 5.69 Å². The van der Waals surface area contributed by atoms with Gasteiger partial charge in [-0.2, -0.15) is 0 Å². The Morgan fingerprint density at radius 3 is 2.72 bits per heavy atom. The molecule has 2 aromatic carbocycles. The number of amidine groups is 1. The van der Waals surface area contributed by atoms with Crippen LogP contribution in [0.3, 0.4) is 0 Å². The standard InChI is InChI=1S/C18H16N2O4S/c1-24-14-8-11(7-12(10-21)16(14)22)9-15-17(23)20-18(25-15)19-13-5-3-2-4-6-13/h2-9,21-22H,10H2,1H3,(H,19,20,23). The molecule has 1 amide bonds. The Balaban J connectivity index is 1.89. The van der Waals surface area contributed by atoms with Gasteiger partial charge < -0.3 is 20.3 Å². The normalized spacial score (nSPS) is 17.1. The van der Waals surface area contributed by atoms with Crippen LogP contribution >= 0.6 is 11.8 Å². The van der Waals surface area contributed by atoms with Gasteiger partial charge in [0.1, 0.15) is 0 Å². The van der Waals surface area contributed by atoms with Crippen molar-refractivity contribution < 1.29 is 19.7 Å². The predicted octanol–water partition coefficient (Wildman–Crippen LogP) is 2.78. The Morgan fingerprint density at radius 2 is 2.04 bits per heavy atom. The van der Waals surface area contributed by atoms with Crippen molar-refractivity contribution in [1.82, 2.24) is 5.32 Å². The monoisotopic (exact) mass is 356 g/mol. The van der Waals surface area contributed by atoms with Crippen LogP contribution in [0.1, 0.15) is 11.1 Å². The highest BCUT2D eigenvalue weighted by atomic mass is 32.2. The smallest absolute Gasteiger partial charge is 0.264 e. The van der Waals surface area contributed by atoms with Crippen LogP contribution in [-0.4, -0.2) is 28.4 Å². The molecule has 1 aliphatic rings. The molecule has 0 bridgehead atoms. The van der Waals surface area contributed by atoms with Gasteiger partial charge in [-0.3, -0.25) is 4.79 Å². The molecule has 1 saturated heterocycles. The number of aromatic hydroxyl groups is 1. The van der Waals surface area contributed by atoms with Crippen LogP contribution < -0.4 is 10.1 Å². The van der Waals surface area contributed by atoms with E-state index in [1.807, 2.05) is 30.3 Å². The van der Waals surface area contributed by atoms with Crippen molar-refractivity contribution in [2.45, 2.75) is 6.61 Å². The lowest BCUT2D eigenvalue weighted by Gasteiger charge is -2.09. The van der Waals surface area contributed by atoms with Crippen molar-refractivity contribution in [3.8, 4) is 11.5 Å². The van der Waals surface area contributed by atoms with Crippen molar-refractivity contribution in [2.24, 2.45) is 4.99 Å². The first kappa shape index (κ1) is 17.1. The van der Waals surface area contributed by atoms with E-state index in [2.05, 4.69) is 10.3 Å². The topological polar surface area (TPSA) is 91.2 Å². The zero-order valence-electron chi connectivity index (χ0n) is 13.4. The Hall–Kier alpha value is -2.77. The number of thioether (sulfide) groups is 1. The third-order valence-corrected chi connectivity index (χ3v) is 4.41. The molecule has 0 aliphatic carbocycles. The first-order chi connectivity index (χ1) is 12.1. The number of hydrogen-bond acceptors (Lipinski definition) is 6. The highest BCUT2D eigenvalue weighted by molar-refractivity contribution is 8.18. The molecule has 0 aromatic heterocycles. The fourth-order valence-electron chi connectivity index (χ4n) is 2.30. The summed E-state index contributed by atoms with van der Waals surface area (Å²) in [5.74, 6) is -0.126. The number of phenols is 1. The third-order valence-electron chi connectivity index (χ3n) is 3.50. The van der Waals surface area contributed by atoms with Crippen LogP contribution in [0.2, 0.25) is 0 Å². The molecular formula is C18H16N2O4S. The lowest BCUT2D eigenvalue weighted by Crippen LogP contribution is -2.19. The first-order valence-corrected chi connectivity index (χ1v) is 8.27. The number of aliphatic hydroxyl groups excluding tert-OH is 1. The minimum atomic E-state index is -0.334. The van der Waals surface area contributed by atoms with Gasteiger partial charge in [0.25, 0.3) is 5.91 Å². The molecular weight excluding hydrogens is 340 g/mol. The highest BCUT2D eigenvalue weighted by Crippen LogP contribution is 2.34. The zero-order valence-corrected chi connectivity index (χ0v) is 14.2. The number of ether oxygens (including phenoxy) is 1. The van der Waals surface area contributed by atoms with Crippen molar-refractivity contribution in [2.75, 3.05) is 7.11 Å². The number of benzene rings is 2. The number of nitrogens with one attached hydrogen (secondary N) is 1. The Kier molecular flexibility index (Phi) is 5.06. The number of methoxy groups -OCH3 is 1. The number of nitrogens with zero attached hydrogens (tertiary/aromatic N) is 1. The number of rotatable bonds is 4. The molecule has 0 atom stereocenters. The second-order valence-electron chi connectivity index (χ2n) is 5.21. The zero-order chi connectivity index (χ0) is 17.8. The van der Waals surface area contributed by atoms with Gasteiger partial charge in [-0.05, 0) is 47.7 Å². The molecule has 3 N–H and O–H groups in total. The molecule has 128 valence electrons. The van der Waals surface area contributed by atoms with E-state index in [0.717, 1.165) is 5.69 Å². The highest BCUT2D eigenvalue weighted by Gasteiger charge is 2.24. The predicted molar refractivity (Wildman–Crippen MR) is 97.8 cm³/mol. The van der Waals surface area contributed by atoms with Gasteiger partial charge in [-0.15, -0.1) is 0 Å². The number of carbonyl (C=O) groups is 1. The van der Waals surface area contributed by atoms with E-state index in [4.69, 9.17) is 4.74 Å². The van der Waals surface area contributed by atoms with Crippen molar-refractivity contribution in [3.63, 3.8) is 0 Å². The number of aliphatic hydroxyl groups is 1. The summed E-state index contributed by atoms with van der Waals surface area (Å²) >= 11 is 1.22. The second kappa shape index (κ2) is 7.42. The summed E-state index contributed by atoms with van der Waals surface area (Å²) < 4.78 is 5.10. The summed E-state index contributed by atoms with van der Waals surface area (Å²) in [6, 6.07) is 12.5. The SMILES string of the molecule is COc1cc(C=C2SC(=Nc3ccccc3)NC2=O)cc(CO)c1O. The molecule has 1 heterocycles. The maximum absolute atomic E-state index is 12.1. The fraction of sp³-hybridized carbons (Fsp3) is 0.111. The Bertz CT molecular complexity index is 838. The van der Waals surface area contributed by atoms with Gasteiger partial charge in [0.2, 0.25) is 0 Å². The summed E-state index contributed by atoms with van der Waals surface area (Å²) in [6.45, 7) is -0.334. The molecule has 0 unspecified atom stereocenters. The van der Waals surface area contributed by atoms with E-state index in [1.54, 1.807) is 18.2 Å². The summed E-state index contributed by atoms with van der Waals surface area (Å²) in [5, 5.41) is 22.5. The maximum atomic E-state index is 12.1. The van der Waals surface area contributed by atoms with Gasteiger partial charge in [0.15, 0.2) is 16.7 Å². The first-order valence-electron chi connectivity index (χ1n) is 7.46. The number of para-hydroxylation sites is 1. The molecule has 2 aromatic rings. The van der Waals surface area contributed by atoms with E-state index < -0.39 is 0 Å². The van der Waals surface area contributed by atoms with Crippen LogP contribution in [0, 0.1) is 0 Å². The number of amides is 1. The maximum Gasteiger partial charge on any atom is 0.264 e. The second-order valence-corrected chi connectivity index (χ2v) is 6.24. The summed E-state index contributed by atoms with van der Waals surface area (Å²) in [4.78, 5) is 17.0. The van der Waals surface area contributed by atoms with Crippen LogP contribution in [0.25, 0.3) is 6.08 Å². The van der Waals surface area contributed by atoms with Gasteiger partial charge in [0, 0.05) is 5.56 Å². The van der Waals surface area contributed by atoms with E-state index in [-0.39, 0.29) is 24.0 Å². The molecule has 1 aliphatic heterocycles. The Labute approximate surface area is 148 Å². The molecule has 0 radical (unpaired) electrons. The lowest BCUT2D eigenvalue weighted by molar-refractivity contribution is -0.115. The lowest BCUT2D eigenvalue weighted by atomic mass is 10.1. The van der Waals surface area contributed by atoms with Gasteiger partial charge in [-0.25, -0.2) is 4.99 Å². The van der Waals surface area contributed by atoms with Gasteiger partial charge >= 0.3 is 0 Å². The van der Waals surface area contributed by atoms with E-state index in [1.165, 1.54) is 18.9 Å². The minimum absolute atomic E-state index is 0.109. The largest absolute Gasteiger partial charge is 0.504 e. The summed E-state index contributed by atoms with van der Waals surface area (Å²) in [6.07, 6.45) is 1.66. The summed E-state index contributed by atoms with van der Waals surface area (Å²) in [7, 11) is 1.43. The average molecular weight is 356 g/mol. The molecule has 3 rings (SSSR count). The molecule has 6 nitrogen and oxygen atoms in total. The van der Waals surface area contributed by atoms with Crippen molar-refractivity contribution in [3.05, 3.63) is 58.5 Å². The molecule has 0 spiro atoms. The minimum Gasteiger partial charge on any atom is -0.504 e. The molecule has 7 heteroatoms. The van der Waals surface area contributed by atoms with Crippen LogP contribution in [0.15, 0.2) is 52.4 Å². The fourth-order valence-corrected chi connectivity index (χ4v) is 3.14. The van der Waals surface area contributed by atoms with E-state index in [9.17, 15) is 15.0 Å². The van der Waals surface area contributed by atoms with Crippen molar-refractivity contribution in [1.29, 1.82) is 0 Å². The van der Waals surface area contributed by atoms with E-state index in [0.29, 0.717) is 21.2 Å². The third kappa shape index (κ3) is 3.84. The van der Waals surface area contributed by atoms with E-state index >= 15 is 0 Å². The average Bonchev–Trinajstić information content (AvgIpc) is 2.96.